The lowest BCUT2D eigenvalue weighted by Crippen LogP contribution is -2.13. The minimum Gasteiger partial charge on any atom is -0.398 e. The fourth-order valence-electron chi connectivity index (χ4n) is 1.61. The maximum atomic E-state index is 11.8. The topological polar surface area (TPSA) is 75.3 Å². The Balaban J connectivity index is 2.26. The third-order valence-electron chi connectivity index (χ3n) is 2.79. The highest BCUT2D eigenvalue weighted by Gasteiger charge is 2.05. The van der Waals surface area contributed by atoms with Gasteiger partial charge in [-0.2, -0.15) is 11.8 Å². The van der Waals surface area contributed by atoms with E-state index in [4.69, 9.17) is 10.8 Å². The van der Waals surface area contributed by atoms with Crippen molar-refractivity contribution in [1.82, 2.24) is 0 Å². The number of thioether (sulfide) groups is 1. The van der Waals surface area contributed by atoms with Crippen LogP contribution in [0.4, 0.5) is 11.4 Å². The van der Waals surface area contributed by atoms with E-state index in [0.717, 1.165) is 35.6 Å². The molecule has 0 bridgehead atoms. The Labute approximate surface area is 118 Å². The molecule has 1 rings (SSSR count). The molecule has 0 saturated heterocycles. The van der Waals surface area contributed by atoms with Gasteiger partial charge in [0.05, 0.1) is 0 Å². The highest BCUT2D eigenvalue weighted by Crippen LogP contribution is 2.20. The zero-order chi connectivity index (χ0) is 14.1. The molecule has 0 aliphatic heterocycles. The molecular weight excluding hydrogens is 260 g/mol. The number of rotatable bonds is 8. The molecule has 1 amide bonds. The molecule has 0 unspecified atom stereocenters. The van der Waals surface area contributed by atoms with Crippen molar-refractivity contribution >= 4 is 29.0 Å². The molecule has 106 valence electrons. The van der Waals surface area contributed by atoms with Gasteiger partial charge in [0.1, 0.15) is 0 Å². The standard InChI is InChI=1S/C14H22N2O2S/c1-11-12(15)5-2-6-13(11)16-14(18)7-3-9-19-10-4-8-17/h2,5-6,17H,3-4,7-10,15H2,1H3,(H,16,18). The molecule has 0 aromatic heterocycles. The normalized spacial score (nSPS) is 10.4. The molecule has 0 aliphatic rings. The third-order valence-corrected chi connectivity index (χ3v) is 3.94. The molecular formula is C14H22N2O2S. The highest BCUT2D eigenvalue weighted by atomic mass is 32.2. The van der Waals surface area contributed by atoms with E-state index in [2.05, 4.69) is 5.32 Å². The van der Waals surface area contributed by atoms with Gasteiger partial charge in [0.15, 0.2) is 0 Å². The highest BCUT2D eigenvalue weighted by molar-refractivity contribution is 7.99. The van der Waals surface area contributed by atoms with Crippen LogP contribution in [-0.4, -0.2) is 29.1 Å². The van der Waals surface area contributed by atoms with Crippen LogP contribution in [-0.2, 0) is 4.79 Å². The van der Waals surface area contributed by atoms with Gasteiger partial charge in [0, 0.05) is 24.4 Å². The first kappa shape index (κ1) is 15.9. The quantitative estimate of drug-likeness (QED) is 0.505. The van der Waals surface area contributed by atoms with Crippen LogP contribution in [0.1, 0.15) is 24.8 Å². The number of anilines is 2. The van der Waals surface area contributed by atoms with Crippen LogP contribution in [0, 0.1) is 6.92 Å². The van der Waals surface area contributed by atoms with Crippen LogP contribution < -0.4 is 11.1 Å². The van der Waals surface area contributed by atoms with Crippen LogP contribution in [0.3, 0.4) is 0 Å². The molecule has 1 aromatic carbocycles. The summed E-state index contributed by atoms with van der Waals surface area (Å²) in [4.78, 5) is 11.8. The molecule has 0 atom stereocenters. The van der Waals surface area contributed by atoms with Crippen LogP contribution in [0.25, 0.3) is 0 Å². The third kappa shape index (κ3) is 5.98. The summed E-state index contributed by atoms with van der Waals surface area (Å²) in [5.74, 6) is 1.92. The SMILES string of the molecule is Cc1c(N)cccc1NC(=O)CCCSCCCO. The largest absolute Gasteiger partial charge is 0.398 e. The maximum Gasteiger partial charge on any atom is 0.224 e. The van der Waals surface area contributed by atoms with Crippen LogP contribution in [0.2, 0.25) is 0 Å². The predicted molar refractivity (Wildman–Crippen MR) is 82.5 cm³/mol. The smallest absolute Gasteiger partial charge is 0.224 e. The van der Waals surface area contributed by atoms with Crippen molar-refractivity contribution in [2.45, 2.75) is 26.2 Å². The molecule has 0 fully saturated rings. The number of benzene rings is 1. The Morgan fingerprint density at radius 3 is 2.84 bits per heavy atom. The average Bonchev–Trinajstić information content (AvgIpc) is 2.39. The van der Waals surface area contributed by atoms with Crippen molar-refractivity contribution in [2.24, 2.45) is 0 Å². The van der Waals surface area contributed by atoms with E-state index in [1.165, 1.54) is 0 Å². The summed E-state index contributed by atoms with van der Waals surface area (Å²) >= 11 is 1.77. The van der Waals surface area contributed by atoms with E-state index < -0.39 is 0 Å². The first-order valence-electron chi connectivity index (χ1n) is 6.48. The number of amides is 1. The van der Waals surface area contributed by atoms with Gasteiger partial charge in [-0.05, 0) is 49.0 Å². The first-order valence-corrected chi connectivity index (χ1v) is 7.64. The van der Waals surface area contributed by atoms with Crippen molar-refractivity contribution in [3.63, 3.8) is 0 Å². The van der Waals surface area contributed by atoms with Gasteiger partial charge in [-0.25, -0.2) is 0 Å². The lowest BCUT2D eigenvalue weighted by atomic mass is 10.1. The fourth-order valence-corrected chi connectivity index (χ4v) is 2.49. The second-order valence-electron chi connectivity index (χ2n) is 4.36. The molecule has 1 aromatic rings. The Bertz CT molecular complexity index is 410. The first-order chi connectivity index (χ1) is 9.15. The monoisotopic (exact) mass is 282 g/mol. The Morgan fingerprint density at radius 1 is 1.37 bits per heavy atom. The Hall–Kier alpha value is -1.20. The van der Waals surface area contributed by atoms with Gasteiger partial charge in [0.25, 0.3) is 0 Å². The fraction of sp³-hybridized carbons (Fsp3) is 0.500. The molecule has 4 N–H and O–H groups in total. The number of carbonyl (C=O) groups is 1. The zero-order valence-corrected chi connectivity index (χ0v) is 12.1. The van der Waals surface area contributed by atoms with Crippen molar-refractivity contribution in [3.8, 4) is 0 Å². The predicted octanol–water partition coefficient (Wildman–Crippen LogP) is 2.41. The van der Waals surface area contributed by atoms with Crippen molar-refractivity contribution in [1.29, 1.82) is 0 Å². The second kappa shape index (κ2) is 8.82. The summed E-state index contributed by atoms with van der Waals surface area (Å²) in [6, 6.07) is 5.52. The molecule has 0 heterocycles. The maximum absolute atomic E-state index is 11.8. The molecule has 0 aliphatic carbocycles. The number of nitrogens with two attached hydrogens (primary N) is 1. The molecule has 0 radical (unpaired) electrons. The van der Waals surface area contributed by atoms with Crippen molar-refractivity contribution in [3.05, 3.63) is 23.8 Å². The zero-order valence-electron chi connectivity index (χ0n) is 11.3. The molecule has 5 heteroatoms. The summed E-state index contributed by atoms with van der Waals surface area (Å²) in [5, 5.41) is 11.5. The van der Waals surface area contributed by atoms with E-state index in [9.17, 15) is 4.79 Å². The van der Waals surface area contributed by atoms with E-state index in [1.54, 1.807) is 11.8 Å². The average molecular weight is 282 g/mol. The summed E-state index contributed by atoms with van der Waals surface area (Å²) in [5.41, 5.74) is 8.18. The summed E-state index contributed by atoms with van der Waals surface area (Å²) in [6.45, 7) is 2.14. The summed E-state index contributed by atoms with van der Waals surface area (Å²) < 4.78 is 0. The number of nitrogen functional groups attached to an aromatic ring is 1. The van der Waals surface area contributed by atoms with E-state index in [0.29, 0.717) is 12.1 Å². The molecule has 19 heavy (non-hydrogen) atoms. The van der Waals surface area contributed by atoms with E-state index >= 15 is 0 Å². The Morgan fingerprint density at radius 2 is 2.11 bits per heavy atom. The summed E-state index contributed by atoms with van der Waals surface area (Å²) in [7, 11) is 0. The minimum absolute atomic E-state index is 0.0245. The number of aliphatic hydroxyl groups excluding tert-OH is 1. The molecule has 0 saturated carbocycles. The van der Waals surface area contributed by atoms with Crippen LogP contribution in [0.15, 0.2) is 18.2 Å². The van der Waals surface area contributed by atoms with E-state index in [1.807, 2.05) is 25.1 Å². The Kier molecular flexibility index (Phi) is 7.36. The van der Waals surface area contributed by atoms with Gasteiger partial charge < -0.3 is 16.2 Å². The van der Waals surface area contributed by atoms with Gasteiger partial charge in [-0.1, -0.05) is 6.07 Å². The second-order valence-corrected chi connectivity index (χ2v) is 5.59. The number of nitrogens with one attached hydrogen (secondary N) is 1. The number of aliphatic hydroxyl groups is 1. The van der Waals surface area contributed by atoms with Gasteiger partial charge >= 0.3 is 0 Å². The lowest BCUT2D eigenvalue weighted by Gasteiger charge is -2.10. The summed E-state index contributed by atoms with van der Waals surface area (Å²) in [6.07, 6.45) is 2.18. The van der Waals surface area contributed by atoms with Crippen LogP contribution in [0.5, 0.6) is 0 Å². The van der Waals surface area contributed by atoms with E-state index in [-0.39, 0.29) is 12.5 Å². The van der Waals surface area contributed by atoms with Crippen molar-refractivity contribution < 1.29 is 9.90 Å². The van der Waals surface area contributed by atoms with Crippen molar-refractivity contribution in [2.75, 3.05) is 29.2 Å². The minimum atomic E-state index is 0.0245. The lowest BCUT2D eigenvalue weighted by molar-refractivity contribution is -0.116. The van der Waals surface area contributed by atoms with Gasteiger partial charge in [-0.3, -0.25) is 4.79 Å². The van der Waals surface area contributed by atoms with Gasteiger partial charge in [-0.15, -0.1) is 0 Å². The number of carbonyl (C=O) groups excluding carboxylic acids is 1. The number of hydrogen-bond donors (Lipinski definition) is 3. The van der Waals surface area contributed by atoms with Gasteiger partial charge in [0.2, 0.25) is 5.91 Å². The molecule has 0 spiro atoms. The molecule has 4 nitrogen and oxygen atoms in total. The van der Waals surface area contributed by atoms with Crippen LogP contribution >= 0.6 is 11.8 Å². The number of hydrogen-bond acceptors (Lipinski definition) is 4.